The van der Waals surface area contributed by atoms with Gasteiger partial charge < -0.3 is 0 Å². The Morgan fingerprint density at radius 1 is 1.40 bits per heavy atom. The molecule has 0 N–H and O–H groups in total. The SMILES string of the molecule is CCC(=O)c1cc(I)ccc1C(F)(F)F. The smallest absolute Gasteiger partial charge is 0.294 e. The number of benzene rings is 1. The van der Waals surface area contributed by atoms with Crippen molar-refractivity contribution in [2.45, 2.75) is 19.5 Å². The number of hydrogen-bond acceptors (Lipinski definition) is 1. The fraction of sp³-hybridized carbons (Fsp3) is 0.300. The summed E-state index contributed by atoms with van der Waals surface area (Å²) in [6.07, 6.45) is -4.40. The Balaban J connectivity index is 3.33. The topological polar surface area (TPSA) is 17.1 Å². The normalized spacial score (nSPS) is 11.5. The van der Waals surface area contributed by atoms with Gasteiger partial charge in [-0.25, -0.2) is 0 Å². The molecule has 1 aromatic rings. The third kappa shape index (κ3) is 2.93. The maximum absolute atomic E-state index is 12.5. The average Bonchev–Trinajstić information content (AvgIpc) is 2.14. The molecular weight excluding hydrogens is 320 g/mol. The predicted octanol–water partition coefficient (Wildman–Crippen LogP) is 3.90. The lowest BCUT2D eigenvalue weighted by Gasteiger charge is -2.11. The third-order valence-corrected chi connectivity index (χ3v) is 2.58. The second kappa shape index (κ2) is 4.51. The first-order chi connectivity index (χ1) is 6.86. The summed E-state index contributed by atoms with van der Waals surface area (Å²) >= 11 is 1.88. The Bertz CT molecular complexity index is 385. The molecule has 5 heteroatoms. The van der Waals surface area contributed by atoms with Crippen LogP contribution in [0.2, 0.25) is 0 Å². The van der Waals surface area contributed by atoms with Gasteiger partial charge in [-0.1, -0.05) is 6.92 Å². The Hall–Kier alpha value is -0.590. The van der Waals surface area contributed by atoms with Crippen molar-refractivity contribution < 1.29 is 18.0 Å². The molecule has 0 spiro atoms. The molecule has 0 aromatic heterocycles. The molecule has 15 heavy (non-hydrogen) atoms. The third-order valence-electron chi connectivity index (χ3n) is 1.91. The van der Waals surface area contributed by atoms with Gasteiger partial charge in [0.15, 0.2) is 5.78 Å². The van der Waals surface area contributed by atoms with Crippen LogP contribution in [0, 0.1) is 3.57 Å². The summed E-state index contributed by atoms with van der Waals surface area (Å²) in [6.45, 7) is 1.54. The lowest BCUT2D eigenvalue weighted by molar-refractivity contribution is -0.137. The van der Waals surface area contributed by atoms with E-state index in [1.165, 1.54) is 12.1 Å². The summed E-state index contributed by atoms with van der Waals surface area (Å²) in [4.78, 5) is 11.3. The Labute approximate surface area is 98.8 Å². The zero-order valence-electron chi connectivity index (χ0n) is 7.86. The van der Waals surface area contributed by atoms with Gasteiger partial charge in [-0.15, -0.1) is 0 Å². The molecule has 0 heterocycles. The molecule has 1 nitrogen and oxygen atoms in total. The first-order valence-electron chi connectivity index (χ1n) is 4.26. The monoisotopic (exact) mass is 328 g/mol. The maximum atomic E-state index is 12.5. The zero-order valence-corrected chi connectivity index (χ0v) is 10.0. The molecule has 0 aliphatic heterocycles. The first kappa shape index (κ1) is 12.5. The number of hydrogen-bond donors (Lipinski definition) is 0. The van der Waals surface area contributed by atoms with Gasteiger partial charge in [0, 0.05) is 15.6 Å². The molecule has 0 bridgehead atoms. The Morgan fingerprint density at radius 2 is 2.00 bits per heavy atom. The number of Topliss-reactive ketones (excluding diaryl/α,β-unsaturated/α-hetero) is 1. The van der Waals surface area contributed by atoms with Crippen molar-refractivity contribution >= 4 is 28.4 Å². The number of alkyl halides is 3. The minimum atomic E-state index is -4.47. The van der Waals surface area contributed by atoms with Crippen LogP contribution < -0.4 is 0 Å². The van der Waals surface area contributed by atoms with E-state index in [-0.39, 0.29) is 12.0 Å². The number of halogens is 4. The summed E-state index contributed by atoms with van der Waals surface area (Å²) in [5.41, 5.74) is -1.09. The van der Waals surface area contributed by atoms with Gasteiger partial charge in [0.2, 0.25) is 0 Å². The van der Waals surface area contributed by atoms with Crippen molar-refractivity contribution in [2.24, 2.45) is 0 Å². The van der Waals surface area contributed by atoms with Crippen LogP contribution in [0.15, 0.2) is 18.2 Å². The number of carbonyl (C=O) groups excluding carboxylic acids is 1. The molecule has 0 saturated carbocycles. The first-order valence-corrected chi connectivity index (χ1v) is 5.34. The maximum Gasteiger partial charge on any atom is 0.417 e. The van der Waals surface area contributed by atoms with Gasteiger partial charge in [0.25, 0.3) is 0 Å². The molecule has 0 saturated heterocycles. The number of ketones is 1. The van der Waals surface area contributed by atoms with Gasteiger partial charge in [-0.05, 0) is 40.8 Å². The molecule has 0 amide bonds. The van der Waals surface area contributed by atoms with E-state index in [0.29, 0.717) is 3.57 Å². The van der Waals surface area contributed by atoms with E-state index in [1.54, 1.807) is 6.92 Å². The Kier molecular flexibility index (Phi) is 3.75. The van der Waals surface area contributed by atoms with E-state index in [2.05, 4.69) is 0 Å². The van der Waals surface area contributed by atoms with Crippen LogP contribution in [0.4, 0.5) is 13.2 Å². The van der Waals surface area contributed by atoms with Gasteiger partial charge in [-0.2, -0.15) is 13.2 Å². The summed E-state index contributed by atoms with van der Waals surface area (Å²) < 4.78 is 38.2. The highest BCUT2D eigenvalue weighted by molar-refractivity contribution is 14.1. The lowest BCUT2D eigenvalue weighted by Crippen LogP contribution is -2.12. The highest BCUT2D eigenvalue weighted by Gasteiger charge is 2.34. The van der Waals surface area contributed by atoms with Crippen molar-refractivity contribution in [2.75, 3.05) is 0 Å². The minimum Gasteiger partial charge on any atom is -0.294 e. The molecular formula is C10H8F3IO. The van der Waals surface area contributed by atoms with Crippen LogP contribution in [-0.4, -0.2) is 5.78 Å². The quantitative estimate of drug-likeness (QED) is 0.594. The molecule has 0 atom stereocenters. The van der Waals surface area contributed by atoms with Crippen molar-refractivity contribution in [3.63, 3.8) is 0 Å². The van der Waals surface area contributed by atoms with Crippen molar-refractivity contribution in [3.8, 4) is 0 Å². The molecule has 82 valence electrons. The summed E-state index contributed by atoms with van der Waals surface area (Å²) in [6, 6.07) is 3.57. The van der Waals surface area contributed by atoms with Crippen LogP contribution in [0.25, 0.3) is 0 Å². The standard InChI is InChI=1S/C10H8F3IO/c1-2-9(15)7-5-6(14)3-4-8(7)10(11,12)13/h3-5H,2H2,1H3. The Morgan fingerprint density at radius 3 is 2.47 bits per heavy atom. The average molecular weight is 328 g/mol. The summed E-state index contributed by atoms with van der Waals surface area (Å²) in [7, 11) is 0. The van der Waals surface area contributed by atoms with E-state index in [1.807, 2.05) is 22.6 Å². The minimum absolute atomic E-state index is 0.0726. The zero-order chi connectivity index (χ0) is 11.6. The fourth-order valence-corrected chi connectivity index (χ4v) is 1.68. The molecule has 0 unspecified atom stereocenters. The molecule has 0 aliphatic rings. The van der Waals surface area contributed by atoms with Crippen molar-refractivity contribution in [1.29, 1.82) is 0 Å². The van der Waals surface area contributed by atoms with Crippen molar-refractivity contribution in [1.82, 2.24) is 0 Å². The highest BCUT2D eigenvalue weighted by Crippen LogP contribution is 2.33. The van der Waals surface area contributed by atoms with Gasteiger partial charge >= 0.3 is 6.18 Å². The van der Waals surface area contributed by atoms with Crippen LogP contribution in [0.5, 0.6) is 0 Å². The van der Waals surface area contributed by atoms with E-state index in [9.17, 15) is 18.0 Å². The van der Waals surface area contributed by atoms with Crippen LogP contribution in [0.3, 0.4) is 0 Å². The number of carbonyl (C=O) groups is 1. The largest absolute Gasteiger partial charge is 0.417 e. The van der Waals surface area contributed by atoms with Crippen LogP contribution >= 0.6 is 22.6 Å². The molecule has 0 aliphatic carbocycles. The number of rotatable bonds is 2. The fourth-order valence-electron chi connectivity index (χ4n) is 1.18. The summed E-state index contributed by atoms with van der Waals surface area (Å²) in [5, 5.41) is 0. The van der Waals surface area contributed by atoms with E-state index in [4.69, 9.17) is 0 Å². The van der Waals surface area contributed by atoms with E-state index >= 15 is 0 Å². The van der Waals surface area contributed by atoms with Gasteiger partial charge in [-0.3, -0.25) is 4.79 Å². The van der Waals surface area contributed by atoms with Crippen LogP contribution in [0.1, 0.15) is 29.3 Å². The van der Waals surface area contributed by atoms with E-state index in [0.717, 1.165) is 6.07 Å². The second-order valence-corrected chi connectivity index (χ2v) is 4.21. The molecule has 1 aromatic carbocycles. The van der Waals surface area contributed by atoms with Crippen LogP contribution in [-0.2, 0) is 6.18 Å². The highest BCUT2D eigenvalue weighted by atomic mass is 127. The van der Waals surface area contributed by atoms with Gasteiger partial charge in [0.05, 0.1) is 5.56 Å². The molecule has 0 fully saturated rings. The summed E-state index contributed by atoms with van der Waals surface area (Å²) in [5.74, 6) is -0.485. The molecule has 1 rings (SSSR count). The van der Waals surface area contributed by atoms with Gasteiger partial charge in [0.1, 0.15) is 0 Å². The van der Waals surface area contributed by atoms with Crippen molar-refractivity contribution in [3.05, 3.63) is 32.9 Å². The lowest BCUT2D eigenvalue weighted by atomic mass is 10.0. The van der Waals surface area contributed by atoms with E-state index < -0.39 is 17.5 Å². The molecule has 0 radical (unpaired) electrons. The second-order valence-electron chi connectivity index (χ2n) is 2.96. The predicted molar refractivity (Wildman–Crippen MR) is 58.8 cm³/mol.